The largest absolute Gasteiger partial charge is 0.507 e. The van der Waals surface area contributed by atoms with Crippen molar-refractivity contribution in [2.24, 2.45) is 0 Å². The molecule has 0 spiro atoms. The summed E-state index contributed by atoms with van der Waals surface area (Å²) >= 11 is 0. The van der Waals surface area contributed by atoms with Crippen molar-refractivity contribution >= 4 is 0 Å². The summed E-state index contributed by atoms with van der Waals surface area (Å²) in [7, 11) is 3.36. The molecule has 0 amide bonds. The first-order valence-corrected chi connectivity index (χ1v) is 11.4. The van der Waals surface area contributed by atoms with Crippen molar-refractivity contribution in [3.05, 3.63) is 52.6 Å². The van der Waals surface area contributed by atoms with Crippen molar-refractivity contribution < 1.29 is 19.3 Å². The second-order valence-corrected chi connectivity index (χ2v) is 10.6. The monoisotopic (exact) mass is 441 g/mol. The third-order valence-corrected chi connectivity index (χ3v) is 6.20. The van der Waals surface area contributed by atoms with Crippen molar-refractivity contribution in [1.29, 1.82) is 0 Å². The van der Waals surface area contributed by atoms with Gasteiger partial charge in [0, 0.05) is 18.7 Å². The summed E-state index contributed by atoms with van der Waals surface area (Å²) < 4.78 is 17.1. The van der Waals surface area contributed by atoms with E-state index in [1.165, 1.54) is 0 Å². The van der Waals surface area contributed by atoms with Gasteiger partial charge in [-0.3, -0.25) is 4.90 Å². The highest BCUT2D eigenvalue weighted by atomic mass is 16.5. The number of morpholine rings is 1. The Bertz CT molecular complexity index is 899. The van der Waals surface area contributed by atoms with E-state index in [0.29, 0.717) is 24.7 Å². The van der Waals surface area contributed by atoms with Crippen molar-refractivity contribution in [3.8, 4) is 17.2 Å². The number of phenolic OH excluding ortho intramolecular Hbond substituents is 1. The summed E-state index contributed by atoms with van der Waals surface area (Å²) in [5.74, 6) is 1.86. The maximum Gasteiger partial charge on any atom is 0.165 e. The second kappa shape index (κ2) is 9.32. The predicted octanol–water partition coefficient (Wildman–Crippen LogP) is 5.43. The first-order chi connectivity index (χ1) is 15.0. The molecule has 3 rings (SSSR count). The van der Waals surface area contributed by atoms with Gasteiger partial charge in [-0.1, -0.05) is 53.7 Å². The third-order valence-electron chi connectivity index (χ3n) is 6.20. The van der Waals surface area contributed by atoms with Crippen LogP contribution >= 0.6 is 0 Å². The van der Waals surface area contributed by atoms with Crippen LogP contribution in [0.5, 0.6) is 17.2 Å². The third kappa shape index (κ3) is 4.89. The number of aromatic hydroxyl groups is 1. The van der Waals surface area contributed by atoms with Crippen molar-refractivity contribution in [1.82, 2.24) is 4.90 Å². The summed E-state index contributed by atoms with van der Waals surface area (Å²) in [5, 5.41) is 11.3. The molecule has 1 aliphatic heterocycles. The Morgan fingerprint density at radius 3 is 1.94 bits per heavy atom. The SMILES string of the molecule is COc1cccc([C@@H](c2cc(C(C)(C)C)c(O)c(C(C)(C)C)c2)N2CCOCC2)c1OC. The Labute approximate surface area is 193 Å². The maximum atomic E-state index is 11.3. The molecule has 1 N–H and O–H groups in total. The van der Waals surface area contributed by atoms with Gasteiger partial charge >= 0.3 is 0 Å². The van der Waals surface area contributed by atoms with E-state index in [4.69, 9.17) is 14.2 Å². The van der Waals surface area contributed by atoms with Crippen LogP contribution in [0.1, 0.15) is 69.8 Å². The summed E-state index contributed by atoms with van der Waals surface area (Å²) in [4.78, 5) is 2.44. The Morgan fingerprint density at radius 1 is 0.906 bits per heavy atom. The van der Waals surface area contributed by atoms with Gasteiger partial charge in [0.05, 0.1) is 33.5 Å². The van der Waals surface area contributed by atoms with E-state index >= 15 is 0 Å². The van der Waals surface area contributed by atoms with Crippen LogP contribution in [0.15, 0.2) is 30.3 Å². The van der Waals surface area contributed by atoms with Gasteiger partial charge in [-0.2, -0.15) is 0 Å². The zero-order chi connectivity index (χ0) is 23.7. The number of benzene rings is 2. The Kier molecular flexibility index (Phi) is 7.11. The molecule has 0 saturated carbocycles. The lowest BCUT2D eigenvalue weighted by Crippen LogP contribution is -2.40. The Morgan fingerprint density at radius 2 is 1.47 bits per heavy atom. The first kappa shape index (κ1) is 24.4. The molecule has 5 nitrogen and oxygen atoms in total. The second-order valence-electron chi connectivity index (χ2n) is 10.6. The molecule has 32 heavy (non-hydrogen) atoms. The number of ether oxygens (including phenoxy) is 3. The van der Waals surface area contributed by atoms with Crippen LogP contribution in [-0.2, 0) is 15.6 Å². The summed E-state index contributed by atoms with van der Waals surface area (Å²) in [6.45, 7) is 15.9. The summed E-state index contributed by atoms with van der Waals surface area (Å²) in [6.07, 6.45) is 0. The van der Waals surface area contributed by atoms with Gasteiger partial charge < -0.3 is 19.3 Å². The molecule has 1 heterocycles. The van der Waals surface area contributed by atoms with E-state index in [1.807, 2.05) is 12.1 Å². The van der Waals surface area contributed by atoms with Crippen LogP contribution in [0.25, 0.3) is 0 Å². The highest BCUT2D eigenvalue weighted by Gasteiger charge is 2.33. The zero-order valence-electron chi connectivity index (χ0n) is 20.9. The fourth-order valence-corrected chi connectivity index (χ4v) is 4.51. The number of rotatable bonds is 5. The molecule has 2 aromatic carbocycles. The van der Waals surface area contributed by atoms with E-state index in [0.717, 1.165) is 41.1 Å². The molecule has 0 aromatic heterocycles. The van der Waals surface area contributed by atoms with Crippen LogP contribution < -0.4 is 9.47 Å². The molecule has 0 unspecified atom stereocenters. The molecule has 176 valence electrons. The molecule has 1 fully saturated rings. The predicted molar refractivity (Wildman–Crippen MR) is 129 cm³/mol. The lowest BCUT2D eigenvalue weighted by Gasteiger charge is -2.37. The molecule has 1 saturated heterocycles. The summed E-state index contributed by atoms with van der Waals surface area (Å²) in [6, 6.07) is 10.3. The first-order valence-electron chi connectivity index (χ1n) is 11.4. The van der Waals surface area contributed by atoms with E-state index in [-0.39, 0.29) is 16.9 Å². The van der Waals surface area contributed by atoms with Crippen molar-refractivity contribution in [3.63, 3.8) is 0 Å². The lowest BCUT2D eigenvalue weighted by atomic mass is 9.77. The number of hydrogen-bond donors (Lipinski definition) is 1. The van der Waals surface area contributed by atoms with Crippen LogP contribution in [0, 0.1) is 0 Å². The van der Waals surface area contributed by atoms with Gasteiger partial charge in [0.1, 0.15) is 5.75 Å². The van der Waals surface area contributed by atoms with E-state index in [2.05, 4.69) is 64.6 Å². The quantitative estimate of drug-likeness (QED) is 0.671. The maximum absolute atomic E-state index is 11.3. The van der Waals surface area contributed by atoms with Gasteiger partial charge in [0.15, 0.2) is 11.5 Å². The number of phenols is 1. The standard InChI is InChI=1S/C27H39NO4/c1-26(2,3)20-16-18(17-21(24(20)29)27(4,5)6)23(28-12-14-32-15-13-28)19-10-9-11-22(30-7)25(19)31-8/h9-11,16-17,23,29H,12-15H2,1-8H3/t23-/m1/s1. The molecular formula is C27H39NO4. The number of para-hydroxylation sites is 1. The fourth-order valence-electron chi connectivity index (χ4n) is 4.51. The molecular weight excluding hydrogens is 402 g/mol. The molecule has 5 heteroatoms. The normalized spacial score (nSPS) is 16.6. The molecule has 0 bridgehead atoms. The molecule has 0 radical (unpaired) electrons. The minimum absolute atomic E-state index is 0.0493. The molecule has 2 aromatic rings. The Balaban J connectivity index is 2.31. The number of hydrogen-bond acceptors (Lipinski definition) is 5. The van der Waals surface area contributed by atoms with Crippen LogP contribution in [0.4, 0.5) is 0 Å². The average molecular weight is 442 g/mol. The van der Waals surface area contributed by atoms with Crippen LogP contribution in [-0.4, -0.2) is 50.5 Å². The van der Waals surface area contributed by atoms with Crippen molar-refractivity contribution in [2.45, 2.75) is 58.4 Å². The number of nitrogens with zero attached hydrogens (tertiary/aromatic N) is 1. The van der Waals surface area contributed by atoms with Gasteiger partial charge in [0.25, 0.3) is 0 Å². The molecule has 0 aliphatic carbocycles. The zero-order valence-corrected chi connectivity index (χ0v) is 20.9. The van der Waals surface area contributed by atoms with Crippen LogP contribution in [0.2, 0.25) is 0 Å². The van der Waals surface area contributed by atoms with E-state index in [1.54, 1.807) is 14.2 Å². The topological polar surface area (TPSA) is 51.2 Å². The minimum Gasteiger partial charge on any atom is -0.507 e. The van der Waals surface area contributed by atoms with Crippen molar-refractivity contribution in [2.75, 3.05) is 40.5 Å². The lowest BCUT2D eigenvalue weighted by molar-refractivity contribution is 0.0234. The highest BCUT2D eigenvalue weighted by molar-refractivity contribution is 5.55. The minimum atomic E-state index is -0.200. The van der Waals surface area contributed by atoms with Gasteiger partial charge in [-0.05, 0) is 45.7 Å². The Hall–Kier alpha value is -2.24. The smallest absolute Gasteiger partial charge is 0.165 e. The molecule has 1 atom stereocenters. The van der Waals surface area contributed by atoms with Gasteiger partial charge in [-0.15, -0.1) is 0 Å². The van der Waals surface area contributed by atoms with E-state index < -0.39 is 0 Å². The fraction of sp³-hybridized carbons (Fsp3) is 0.556. The van der Waals surface area contributed by atoms with Crippen LogP contribution in [0.3, 0.4) is 0 Å². The highest BCUT2D eigenvalue weighted by Crippen LogP contribution is 2.45. The number of methoxy groups -OCH3 is 2. The van der Waals surface area contributed by atoms with Gasteiger partial charge in [0.2, 0.25) is 0 Å². The average Bonchev–Trinajstić information content (AvgIpc) is 2.73. The molecule has 1 aliphatic rings. The van der Waals surface area contributed by atoms with Gasteiger partial charge in [-0.25, -0.2) is 0 Å². The van der Waals surface area contributed by atoms with E-state index in [9.17, 15) is 5.11 Å². The summed E-state index contributed by atoms with van der Waals surface area (Å²) in [5.41, 5.74) is 3.72.